The molecule has 0 amide bonds. The Bertz CT molecular complexity index is 944. The average molecular weight is 386 g/mol. The zero-order chi connectivity index (χ0) is 21.0. The number of rotatable bonds is 6. The third-order valence-corrected chi connectivity index (χ3v) is 5.41. The molecular formula is C27H31NO. The second kappa shape index (κ2) is 8.75. The van der Waals surface area contributed by atoms with Gasteiger partial charge in [-0.2, -0.15) is 0 Å². The number of hydrogen-bond acceptors (Lipinski definition) is 2. The van der Waals surface area contributed by atoms with Gasteiger partial charge in [0.25, 0.3) is 0 Å². The third kappa shape index (κ3) is 4.49. The van der Waals surface area contributed by atoms with Gasteiger partial charge in [-0.3, -0.25) is 0 Å². The third-order valence-electron chi connectivity index (χ3n) is 5.41. The molecule has 2 nitrogen and oxygen atoms in total. The highest BCUT2D eigenvalue weighted by Gasteiger charge is 2.31. The van der Waals surface area contributed by atoms with E-state index in [-0.39, 0.29) is 0 Å². The topological polar surface area (TPSA) is 32.6 Å². The summed E-state index contributed by atoms with van der Waals surface area (Å²) in [5.74, 6) is 0.678. The lowest BCUT2D eigenvalue weighted by atomic mass is 9.86. The standard InChI is InChI=1S/C27H31NO/c1-19(2)23-17-12-18-24(20(3)4)25(23)28-26(21-13-8-6-9-14-21)27(5,29)22-15-10-7-11-16-22/h6-20,29H,1-5H3. The van der Waals surface area contributed by atoms with E-state index in [9.17, 15) is 5.11 Å². The molecule has 0 heterocycles. The number of nitrogens with zero attached hydrogens (tertiary/aromatic N) is 1. The minimum atomic E-state index is -1.22. The van der Waals surface area contributed by atoms with Crippen molar-refractivity contribution in [2.24, 2.45) is 4.99 Å². The highest BCUT2D eigenvalue weighted by Crippen LogP contribution is 2.37. The molecule has 0 spiro atoms. The maximum Gasteiger partial charge on any atom is 0.129 e. The first-order valence-electron chi connectivity index (χ1n) is 10.4. The smallest absolute Gasteiger partial charge is 0.129 e. The van der Waals surface area contributed by atoms with E-state index in [0.717, 1.165) is 16.8 Å². The van der Waals surface area contributed by atoms with E-state index in [0.29, 0.717) is 17.5 Å². The summed E-state index contributed by atoms with van der Waals surface area (Å²) in [5, 5.41) is 11.7. The van der Waals surface area contributed by atoms with Crippen molar-refractivity contribution < 1.29 is 5.11 Å². The van der Waals surface area contributed by atoms with Gasteiger partial charge in [-0.1, -0.05) is 107 Å². The second-order valence-electron chi connectivity index (χ2n) is 8.36. The molecule has 0 saturated carbocycles. The van der Waals surface area contributed by atoms with Gasteiger partial charge in [0.1, 0.15) is 5.60 Å². The van der Waals surface area contributed by atoms with Crippen LogP contribution in [0.3, 0.4) is 0 Å². The summed E-state index contributed by atoms with van der Waals surface area (Å²) in [7, 11) is 0. The van der Waals surface area contributed by atoms with Gasteiger partial charge in [-0.15, -0.1) is 0 Å². The highest BCUT2D eigenvalue weighted by molar-refractivity contribution is 6.08. The van der Waals surface area contributed by atoms with Crippen LogP contribution in [0.25, 0.3) is 0 Å². The monoisotopic (exact) mass is 385 g/mol. The number of benzene rings is 3. The van der Waals surface area contributed by atoms with Crippen LogP contribution in [0.1, 0.15) is 68.7 Å². The molecule has 3 aromatic rings. The molecule has 0 bridgehead atoms. The maximum absolute atomic E-state index is 11.7. The van der Waals surface area contributed by atoms with Crippen molar-refractivity contribution >= 4 is 11.4 Å². The maximum atomic E-state index is 11.7. The molecule has 29 heavy (non-hydrogen) atoms. The van der Waals surface area contributed by atoms with Gasteiger partial charge >= 0.3 is 0 Å². The molecule has 2 heteroatoms. The molecule has 1 unspecified atom stereocenters. The van der Waals surface area contributed by atoms with Crippen LogP contribution in [0.15, 0.2) is 83.9 Å². The predicted molar refractivity (Wildman–Crippen MR) is 123 cm³/mol. The fourth-order valence-corrected chi connectivity index (χ4v) is 3.70. The molecule has 0 aromatic heterocycles. The van der Waals surface area contributed by atoms with Gasteiger partial charge in [-0.05, 0) is 41.0 Å². The van der Waals surface area contributed by atoms with E-state index in [4.69, 9.17) is 4.99 Å². The lowest BCUT2D eigenvalue weighted by molar-refractivity contribution is 0.133. The first-order chi connectivity index (χ1) is 13.8. The fourth-order valence-electron chi connectivity index (χ4n) is 3.70. The Morgan fingerprint density at radius 1 is 0.724 bits per heavy atom. The molecule has 1 N–H and O–H groups in total. The minimum absolute atomic E-state index is 0.339. The van der Waals surface area contributed by atoms with E-state index in [1.807, 2.05) is 67.6 Å². The molecule has 0 fully saturated rings. The number of para-hydroxylation sites is 1. The Hall–Kier alpha value is -2.71. The molecule has 0 radical (unpaired) electrons. The zero-order valence-corrected chi connectivity index (χ0v) is 18.1. The van der Waals surface area contributed by atoms with E-state index >= 15 is 0 Å². The highest BCUT2D eigenvalue weighted by atomic mass is 16.3. The normalized spacial score (nSPS) is 14.3. The van der Waals surface area contributed by atoms with Crippen LogP contribution >= 0.6 is 0 Å². The summed E-state index contributed by atoms with van der Waals surface area (Å²) in [6, 6.07) is 26.2. The molecule has 0 aliphatic heterocycles. The Morgan fingerprint density at radius 2 is 1.21 bits per heavy atom. The Kier molecular flexibility index (Phi) is 6.34. The molecule has 1 atom stereocenters. The summed E-state index contributed by atoms with van der Waals surface area (Å²) in [5.41, 5.74) is 4.58. The van der Waals surface area contributed by atoms with E-state index in [2.05, 4.69) is 45.9 Å². The Morgan fingerprint density at radius 3 is 1.69 bits per heavy atom. The largest absolute Gasteiger partial charge is 0.379 e. The van der Waals surface area contributed by atoms with Crippen LogP contribution in [0.5, 0.6) is 0 Å². The van der Waals surface area contributed by atoms with Gasteiger partial charge < -0.3 is 5.11 Å². The molecule has 0 saturated heterocycles. The van der Waals surface area contributed by atoms with Crippen LogP contribution < -0.4 is 0 Å². The Labute approximate surface area is 175 Å². The SMILES string of the molecule is CC(C)c1cccc(C(C)C)c1N=C(c1ccccc1)C(C)(O)c1ccccc1. The summed E-state index contributed by atoms with van der Waals surface area (Å²) in [6.07, 6.45) is 0. The van der Waals surface area contributed by atoms with Crippen LogP contribution in [0, 0.1) is 0 Å². The summed E-state index contributed by atoms with van der Waals surface area (Å²) in [6.45, 7) is 10.6. The minimum Gasteiger partial charge on any atom is -0.379 e. The van der Waals surface area contributed by atoms with Crippen molar-refractivity contribution in [3.05, 3.63) is 101 Å². The summed E-state index contributed by atoms with van der Waals surface area (Å²) >= 11 is 0. The molecule has 0 aliphatic carbocycles. The quantitative estimate of drug-likeness (QED) is 0.457. The van der Waals surface area contributed by atoms with Gasteiger partial charge in [0, 0.05) is 0 Å². The van der Waals surface area contributed by atoms with Crippen LogP contribution in [-0.4, -0.2) is 10.8 Å². The van der Waals surface area contributed by atoms with Crippen molar-refractivity contribution in [2.45, 2.75) is 52.1 Å². The van der Waals surface area contributed by atoms with Gasteiger partial charge in [0.2, 0.25) is 0 Å². The predicted octanol–water partition coefficient (Wildman–Crippen LogP) is 6.96. The van der Waals surface area contributed by atoms with Crippen LogP contribution in [0.4, 0.5) is 5.69 Å². The molecular weight excluding hydrogens is 354 g/mol. The summed E-state index contributed by atoms with van der Waals surface area (Å²) in [4.78, 5) is 5.19. The van der Waals surface area contributed by atoms with Gasteiger partial charge in [0.15, 0.2) is 0 Å². The van der Waals surface area contributed by atoms with Crippen LogP contribution in [-0.2, 0) is 5.60 Å². The zero-order valence-electron chi connectivity index (χ0n) is 18.1. The van der Waals surface area contributed by atoms with Crippen molar-refractivity contribution in [3.8, 4) is 0 Å². The van der Waals surface area contributed by atoms with E-state index in [1.165, 1.54) is 11.1 Å². The first kappa shape index (κ1) is 21.0. The van der Waals surface area contributed by atoms with Crippen molar-refractivity contribution in [3.63, 3.8) is 0 Å². The van der Waals surface area contributed by atoms with Gasteiger partial charge in [-0.25, -0.2) is 4.99 Å². The molecule has 0 aliphatic rings. The van der Waals surface area contributed by atoms with Crippen LogP contribution in [0.2, 0.25) is 0 Å². The Balaban J connectivity index is 2.31. The second-order valence-corrected chi connectivity index (χ2v) is 8.36. The number of hydrogen-bond donors (Lipinski definition) is 1. The van der Waals surface area contributed by atoms with E-state index in [1.54, 1.807) is 0 Å². The van der Waals surface area contributed by atoms with Gasteiger partial charge in [0.05, 0.1) is 11.4 Å². The lowest BCUT2D eigenvalue weighted by Gasteiger charge is -2.28. The number of aliphatic hydroxyl groups is 1. The fraction of sp³-hybridized carbons (Fsp3) is 0.296. The first-order valence-corrected chi connectivity index (χ1v) is 10.4. The van der Waals surface area contributed by atoms with Crippen molar-refractivity contribution in [1.29, 1.82) is 0 Å². The summed E-state index contributed by atoms with van der Waals surface area (Å²) < 4.78 is 0. The molecule has 3 aromatic carbocycles. The lowest BCUT2D eigenvalue weighted by Crippen LogP contribution is -2.33. The molecule has 150 valence electrons. The van der Waals surface area contributed by atoms with E-state index < -0.39 is 5.60 Å². The van der Waals surface area contributed by atoms with Crippen molar-refractivity contribution in [1.82, 2.24) is 0 Å². The average Bonchev–Trinajstić information content (AvgIpc) is 2.72. The van der Waals surface area contributed by atoms with Crippen molar-refractivity contribution in [2.75, 3.05) is 0 Å². The number of aliphatic imine (C=N–C) groups is 1. The molecule has 3 rings (SSSR count).